The van der Waals surface area contributed by atoms with Crippen LogP contribution in [0.15, 0.2) is 0 Å². The van der Waals surface area contributed by atoms with E-state index in [1.807, 2.05) is 19.9 Å². The molecule has 0 radical (unpaired) electrons. The van der Waals surface area contributed by atoms with Crippen LogP contribution in [0.1, 0.15) is 33.6 Å². The summed E-state index contributed by atoms with van der Waals surface area (Å²) in [6.45, 7) is 5.43. The van der Waals surface area contributed by atoms with E-state index in [0.717, 1.165) is 0 Å². The fourth-order valence-corrected chi connectivity index (χ4v) is 1.63. The summed E-state index contributed by atoms with van der Waals surface area (Å²) in [5.74, 6) is -1.46. The van der Waals surface area contributed by atoms with Gasteiger partial charge in [-0.1, -0.05) is 20.8 Å². The molecular weight excluding hydrogens is 248 g/mol. The summed E-state index contributed by atoms with van der Waals surface area (Å²) >= 11 is 0. The van der Waals surface area contributed by atoms with Crippen molar-refractivity contribution >= 4 is 11.9 Å². The first-order valence-corrected chi connectivity index (χ1v) is 6.26. The number of nitrogens with zero attached hydrogens (tertiary/aromatic N) is 1. The Kier molecular flexibility index (Phi) is 7.77. The smallest absolute Gasteiger partial charge is 0.328 e. The number of carbonyl (C=O) groups excluding carboxylic acids is 2. The number of carbonyl (C=O) groups is 2. The number of nitriles is 1. The standard InChI is InChI=1S/C13H22N2O4/c1-8(2)7-10(16)12(17)15-11(13(18)19-4)9(3)5-6-14/h8-11,16H,5,7H2,1-4H3,(H,15,17)/t9-,10+,11+/m1/s1. The van der Waals surface area contributed by atoms with Crippen molar-refractivity contribution < 1.29 is 19.4 Å². The fraction of sp³-hybridized carbons (Fsp3) is 0.769. The Morgan fingerprint density at radius 2 is 1.95 bits per heavy atom. The highest BCUT2D eigenvalue weighted by molar-refractivity contribution is 5.86. The van der Waals surface area contributed by atoms with Crippen molar-refractivity contribution in [3.8, 4) is 6.07 Å². The second-order valence-corrected chi connectivity index (χ2v) is 4.99. The van der Waals surface area contributed by atoms with Gasteiger partial charge in [-0.15, -0.1) is 0 Å². The third-order valence-corrected chi connectivity index (χ3v) is 2.73. The molecule has 3 atom stereocenters. The summed E-state index contributed by atoms with van der Waals surface area (Å²) in [6.07, 6.45) is -0.742. The van der Waals surface area contributed by atoms with Crippen molar-refractivity contribution in [3.63, 3.8) is 0 Å². The van der Waals surface area contributed by atoms with Gasteiger partial charge < -0.3 is 15.2 Å². The normalized spacial score (nSPS) is 15.2. The molecule has 0 aromatic carbocycles. The number of methoxy groups -OCH3 is 1. The SMILES string of the molecule is COC(=O)[C@@H](NC(=O)[C@@H](O)CC(C)C)[C@H](C)CC#N. The zero-order valence-corrected chi connectivity index (χ0v) is 11.8. The van der Waals surface area contributed by atoms with E-state index in [4.69, 9.17) is 5.26 Å². The number of aliphatic hydroxyl groups excluding tert-OH is 1. The van der Waals surface area contributed by atoms with Crippen molar-refractivity contribution in [2.45, 2.75) is 45.8 Å². The second-order valence-electron chi connectivity index (χ2n) is 4.99. The van der Waals surface area contributed by atoms with Crippen LogP contribution >= 0.6 is 0 Å². The Balaban J connectivity index is 4.69. The molecule has 0 saturated carbocycles. The molecule has 0 saturated heterocycles. The Morgan fingerprint density at radius 1 is 1.37 bits per heavy atom. The van der Waals surface area contributed by atoms with Crippen molar-refractivity contribution in [3.05, 3.63) is 0 Å². The van der Waals surface area contributed by atoms with Crippen LogP contribution in [0.3, 0.4) is 0 Å². The number of esters is 1. The minimum Gasteiger partial charge on any atom is -0.467 e. The highest BCUT2D eigenvalue weighted by Crippen LogP contribution is 2.11. The molecule has 6 nitrogen and oxygen atoms in total. The molecule has 0 rings (SSSR count). The van der Waals surface area contributed by atoms with Gasteiger partial charge in [0.15, 0.2) is 0 Å². The van der Waals surface area contributed by atoms with Crippen molar-refractivity contribution in [1.29, 1.82) is 5.26 Å². The van der Waals surface area contributed by atoms with Crippen LogP contribution in [0.4, 0.5) is 0 Å². The van der Waals surface area contributed by atoms with Gasteiger partial charge in [-0.25, -0.2) is 4.79 Å². The maximum absolute atomic E-state index is 11.8. The van der Waals surface area contributed by atoms with E-state index in [1.54, 1.807) is 6.92 Å². The highest BCUT2D eigenvalue weighted by atomic mass is 16.5. The Hall–Kier alpha value is -1.61. The molecule has 0 fully saturated rings. The maximum atomic E-state index is 11.8. The lowest BCUT2D eigenvalue weighted by Crippen LogP contribution is -2.49. The number of hydrogen-bond acceptors (Lipinski definition) is 5. The number of hydrogen-bond donors (Lipinski definition) is 2. The lowest BCUT2D eigenvalue weighted by atomic mass is 9.98. The van der Waals surface area contributed by atoms with Gasteiger partial charge in [0.25, 0.3) is 0 Å². The Morgan fingerprint density at radius 3 is 2.37 bits per heavy atom. The second kappa shape index (κ2) is 8.48. The number of nitrogens with one attached hydrogen (secondary N) is 1. The summed E-state index contributed by atoms with van der Waals surface area (Å²) in [7, 11) is 1.21. The molecule has 6 heteroatoms. The van der Waals surface area contributed by atoms with E-state index in [0.29, 0.717) is 6.42 Å². The fourth-order valence-electron chi connectivity index (χ4n) is 1.63. The van der Waals surface area contributed by atoms with Gasteiger partial charge in [0.2, 0.25) is 5.91 Å². The minimum atomic E-state index is -1.17. The van der Waals surface area contributed by atoms with Gasteiger partial charge in [-0.3, -0.25) is 4.79 Å². The molecule has 0 unspecified atom stereocenters. The van der Waals surface area contributed by atoms with Crippen molar-refractivity contribution in [2.75, 3.05) is 7.11 Å². The molecule has 1 amide bonds. The quantitative estimate of drug-likeness (QED) is 0.660. The van der Waals surface area contributed by atoms with Gasteiger partial charge in [-0.05, 0) is 12.3 Å². The molecule has 0 heterocycles. The summed E-state index contributed by atoms with van der Waals surface area (Å²) in [4.78, 5) is 23.3. The van der Waals surface area contributed by atoms with E-state index < -0.39 is 24.0 Å². The molecule has 19 heavy (non-hydrogen) atoms. The molecule has 2 N–H and O–H groups in total. The monoisotopic (exact) mass is 270 g/mol. The summed E-state index contributed by atoms with van der Waals surface area (Å²) in [6, 6.07) is 1.02. The van der Waals surface area contributed by atoms with E-state index in [9.17, 15) is 14.7 Å². The number of amides is 1. The number of rotatable bonds is 7. The van der Waals surface area contributed by atoms with Crippen LogP contribution in [0.2, 0.25) is 0 Å². The van der Waals surface area contributed by atoms with E-state index in [2.05, 4.69) is 10.1 Å². The number of aliphatic hydroxyl groups is 1. The molecule has 0 aliphatic carbocycles. The molecule has 0 aliphatic rings. The van der Waals surface area contributed by atoms with Gasteiger partial charge in [0, 0.05) is 12.3 Å². The average Bonchev–Trinajstić information content (AvgIpc) is 2.33. The van der Waals surface area contributed by atoms with Crippen LogP contribution in [0.25, 0.3) is 0 Å². The molecule has 108 valence electrons. The average molecular weight is 270 g/mol. The predicted molar refractivity (Wildman–Crippen MR) is 68.8 cm³/mol. The van der Waals surface area contributed by atoms with Crippen LogP contribution < -0.4 is 5.32 Å². The van der Waals surface area contributed by atoms with Crippen LogP contribution in [-0.2, 0) is 14.3 Å². The molecular formula is C13H22N2O4. The summed E-state index contributed by atoms with van der Waals surface area (Å²) < 4.78 is 4.60. The first-order valence-electron chi connectivity index (χ1n) is 6.26. The van der Waals surface area contributed by atoms with Gasteiger partial charge in [0.1, 0.15) is 12.1 Å². The first kappa shape index (κ1) is 17.4. The van der Waals surface area contributed by atoms with Gasteiger partial charge in [0.05, 0.1) is 13.2 Å². The third kappa shape index (κ3) is 6.20. The lowest BCUT2D eigenvalue weighted by molar-refractivity contribution is -0.147. The van der Waals surface area contributed by atoms with Crippen molar-refractivity contribution in [2.24, 2.45) is 11.8 Å². The molecule has 0 bridgehead atoms. The maximum Gasteiger partial charge on any atom is 0.328 e. The minimum absolute atomic E-state index is 0.111. The molecule has 0 aliphatic heterocycles. The van der Waals surface area contributed by atoms with E-state index >= 15 is 0 Å². The topological polar surface area (TPSA) is 99.4 Å². The van der Waals surface area contributed by atoms with E-state index in [1.165, 1.54) is 7.11 Å². The van der Waals surface area contributed by atoms with Crippen molar-refractivity contribution in [1.82, 2.24) is 5.32 Å². The largest absolute Gasteiger partial charge is 0.467 e. The first-order chi connectivity index (χ1) is 8.83. The lowest BCUT2D eigenvalue weighted by Gasteiger charge is -2.23. The third-order valence-electron chi connectivity index (χ3n) is 2.73. The van der Waals surface area contributed by atoms with Gasteiger partial charge in [-0.2, -0.15) is 5.26 Å². The Labute approximate surface area is 113 Å². The van der Waals surface area contributed by atoms with Crippen LogP contribution in [0, 0.1) is 23.2 Å². The predicted octanol–water partition coefficient (Wildman–Crippen LogP) is 0.601. The molecule has 0 aromatic heterocycles. The highest BCUT2D eigenvalue weighted by Gasteiger charge is 2.29. The van der Waals surface area contributed by atoms with E-state index in [-0.39, 0.29) is 18.3 Å². The summed E-state index contributed by atoms with van der Waals surface area (Å²) in [5.41, 5.74) is 0. The molecule has 0 aromatic rings. The zero-order valence-electron chi connectivity index (χ0n) is 11.8. The zero-order chi connectivity index (χ0) is 15.0. The van der Waals surface area contributed by atoms with Crippen LogP contribution in [0.5, 0.6) is 0 Å². The van der Waals surface area contributed by atoms with Crippen LogP contribution in [-0.4, -0.2) is 36.2 Å². The molecule has 0 spiro atoms. The van der Waals surface area contributed by atoms with Gasteiger partial charge >= 0.3 is 5.97 Å². The number of ether oxygens (including phenoxy) is 1. The Bertz CT molecular complexity index is 349. The summed E-state index contributed by atoms with van der Waals surface area (Å²) in [5, 5.41) is 20.8.